The Hall–Kier alpha value is -0.610. The fraction of sp³-hybridized carbons (Fsp3) is 0.923. The molecule has 0 bridgehead atoms. The molecule has 3 atom stereocenters. The number of aliphatic hydroxyl groups is 1. The quantitative estimate of drug-likeness (QED) is 0.793. The normalized spacial score (nSPS) is 34.6. The lowest BCUT2D eigenvalue weighted by Gasteiger charge is -2.51. The highest BCUT2D eigenvalue weighted by atomic mass is 16.5. The molecule has 1 saturated heterocycles. The molecule has 0 aromatic carbocycles. The molecule has 0 radical (unpaired) electrons. The first-order chi connectivity index (χ1) is 7.60. The maximum Gasteiger partial charge on any atom is 0.0922 e. The van der Waals surface area contributed by atoms with Gasteiger partial charge in [0.2, 0.25) is 0 Å². The van der Waals surface area contributed by atoms with Crippen LogP contribution in [0.1, 0.15) is 47.5 Å². The largest absolute Gasteiger partial charge is 0.550 e. The number of carbonyl (C=O) groups is 1. The van der Waals surface area contributed by atoms with Crippen LogP contribution >= 0.6 is 0 Å². The van der Waals surface area contributed by atoms with Crippen LogP contribution in [0, 0.1) is 11.8 Å². The summed E-state index contributed by atoms with van der Waals surface area (Å²) in [7, 11) is 0. The molecule has 0 amide bonds. The van der Waals surface area contributed by atoms with E-state index in [0.29, 0.717) is 12.8 Å². The van der Waals surface area contributed by atoms with E-state index in [1.54, 1.807) is 13.8 Å². The fourth-order valence-corrected chi connectivity index (χ4v) is 2.82. The Morgan fingerprint density at radius 3 is 2.29 bits per heavy atom. The number of carboxylic acids is 1. The average Bonchev–Trinajstić information content (AvgIpc) is 2.13. The molecular formula is C13H23O4-. The zero-order valence-electron chi connectivity index (χ0n) is 11.3. The second kappa shape index (κ2) is 4.58. The number of hydrogen-bond donors (Lipinski definition) is 1. The summed E-state index contributed by atoms with van der Waals surface area (Å²) in [4.78, 5) is 11.0. The summed E-state index contributed by atoms with van der Waals surface area (Å²) in [5.74, 6) is -1.61. The van der Waals surface area contributed by atoms with E-state index >= 15 is 0 Å². The zero-order chi connectivity index (χ0) is 13.4. The number of ether oxygens (including phenoxy) is 1. The van der Waals surface area contributed by atoms with Crippen molar-refractivity contribution in [3.8, 4) is 0 Å². The third kappa shape index (κ3) is 2.80. The second-order valence-electron chi connectivity index (χ2n) is 6.12. The molecule has 1 heterocycles. The van der Waals surface area contributed by atoms with E-state index in [9.17, 15) is 15.0 Å². The molecular weight excluding hydrogens is 220 g/mol. The Bertz CT molecular complexity index is 298. The summed E-state index contributed by atoms with van der Waals surface area (Å²) in [6.45, 7) is 9.20. The fourth-order valence-electron chi connectivity index (χ4n) is 2.82. The Kier molecular flexibility index (Phi) is 3.89. The zero-order valence-corrected chi connectivity index (χ0v) is 11.3. The first kappa shape index (κ1) is 14.5. The minimum atomic E-state index is -1.07. The third-order valence-corrected chi connectivity index (χ3v) is 3.81. The topological polar surface area (TPSA) is 69.6 Å². The standard InChI is InChI=1S/C13H24O4/c1-8(2)10(14)13(5)7-6-9(11(15)16)12(3,4)17-13/h8-10,14H,6-7H2,1-5H3,(H,15,16)/p-1/t9-,10+,13+/m1/s1. The van der Waals surface area contributed by atoms with Crippen LogP contribution in [0.5, 0.6) is 0 Å². The molecule has 4 heteroatoms. The Morgan fingerprint density at radius 1 is 1.41 bits per heavy atom. The molecule has 1 rings (SSSR count). The van der Waals surface area contributed by atoms with E-state index in [2.05, 4.69) is 0 Å². The number of carboxylic acid groups (broad SMARTS) is 1. The molecule has 1 fully saturated rings. The minimum absolute atomic E-state index is 0.0790. The molecule has 0 aromatic heterocycles. The van der Waals surface area contributed by atoms with Gasteiger partial charge in [-0.25, -0.2) is 0 Å². The van der Waals surface area contributed by atoms with Crippen molar-refractivity contribution in [1.82, 2.24) is 0 Å². The Morgan fingerprint density at radius 2 is 1.94 bits per heavy atom. The molecule has 17 heavy (non-hydrogen) atoms. The van der Waals surface area contributed by atoms with Gasteiger partial charge in [-0.15, -0.1) is 0 Å². The maximum atomic E-state index is 11.0. The average molecular weight is 243 g/mol. The lowest BCUT2D eigenvalue weighted by molar-refractivity contribution is -0.327. The van der Waals surface area contributed by atoms with Gasteiger partial charge in [0.1, 0.15) is 0 Å². The van der Waals surface area contributed by atoms with Crippen molar-refractivity contribution < 1.29 is 19.7 Å². The molecule has 100 valence electrons. The molecule has 0 aromatic rings. The smallest absolute Gasteiger partial charge is 0.0922 e. The van der Waals surface area contributed by atoms with Crippen LogP contribution in [0.4, 0.5) is 0 Å². The highest BCUT2D eigenvalue weighted by Gasteiger charge is 2.48. The molecule has 0 unspecified atom stereocenters. The van der Waals surface area contributed by atoms with Gasteiger partial charge in [0, 0.05) is 11.9 Å². The highest BCUT2D eigenvalue weighted by molar-refractivity contribution is 5.69. The lowest BCUT2D eigenvalue weighted by atomic mass is 9.75. The first-order valence-electron chi connectivity index (χ1n) is 6.19. The predicted octanol–water partition coefficient (Wildman–Crippen LogP) is 0.717. The number of rotatable bonds is 3. The highest BCUT2D eigenvalue weighted by Crippen LogP contribution is 2.42. The molecule has 0 saturated carbocycles. The Balaban J connectivity index is 2.88. The van der Waals surface area contributed by atoms with Gasteiger partial charge in [-0.2, -0.15) is 0 Å². The van der Waals surface area contributed by atoms with Crippen LogP contribution in [0.25, 0.3) is 0 Å². The summed E-state index contributed by atoms with van der Waals surface area (Å²) in [5.41, 5.74) is -1.48. The third-order valence-electron chi connectivity index (χ3n) is 3.81. The van der Waals surface area contributed by atoms with E-state index in [1.807, 2.05) is 20.8 Å². The van der Waals surface area contributed by atoms with Crippen LogP contribution in [0.15, 0.2) is 0 Å². The first-order valence-corrected chi connectivity index (χ1v) is 6.19. The number of aliphatic carboxylic acids is 1. The summed E-state index contributed by atoms with van der Waals surface area (Å²) in [6.07, 6.45) is 0.425. The molecule has 0 aliphatic carbocycles. The molecule has 0 spiro atoms. The van der Waals surface area contributed by atoms with Crippen molar-refractivity contribution in [3.63, 3.8) is 0 Å². The molecule has 1 aliphatic rings. The van der Waals surface area contributed by atoms with Crippen molar-refractivity contribution >= 4 is 5.97 Å². The predicted molar refractivity (Wildman–Crippen MR) is 62.1 cm³/mol. The summed E-state index contributed by atoms with van der Waals surface area (Å²) in [5, 5.41) is 21.2. The van der Waals surface area contributed by atoms with Gasteiger partial charge >= 0.3 is 0 Å². The van der Waals surface area contributed by atoms with Crippen molar-refractivity contribution in [1.29, 1.82) is 0 Å². The van der Waals surface area contributed by atoms with Crippen LogP contribution in [0.2, 0.25) is 0 Å². The molecule has 1 aliphatic heterocycles. The molecule has 4 nitrogen and oxygen atoms in total. The van der Waals surface area contributed by atoms with Crippen LogP contribution in [-0.2, 0) is 9.53 Å². The van der Waals surface area contributed by atoms with E-state index in [-0.39, 0.29) is 5.92 Å². The maximum absolute atomic E-state index is 11.0. The van der Waals surface area contributed by atoms with Crippen molar-refractivity contribution in [3.05, 3.63) is 0 Å². The lowest BCUT2D eigenvalue weighted by Crippen LogP contribution is -2.59. The van der Waals surface area contributed by atoms with Gasteiger partial charge in [0.15, 0.2) is 0 Å². The van der Waals surface area contributed by atoms with Gasteiger partial charge in [-0.05, 0) is 39.5 Å². The monoisotopic (exact) mass is 243 g/mol. The Labute approximate surface area is 103 Å². The van der Waals surface area contributed by atoms with E-state index in [0.717, 1.165) is 0 Å². The van der Waals surface area contributed by atoms with Gasteiger partial charge in [0.05, 0.1) is 17.3 Å². The van der Waals surface area contributed by atoms with Gasteiger partial charge < -0.3 is 19.7 Å². The number of carbonyl (C=O) groups excluding carboxylic acids is 1. The van der Waals surface area contributed by atoms with Gasteiger partial charge in [0.25, 0.3) is 0 Å². The van der Waals surface area contributed by atoms with Gasteiger partial charge in [-0.3, -0.25) is 0 Å². The number of aliphatic hydroxyl groups excluding tert-OH is 1. The van der Waals surface area contributed by atoms with E-state index < -0.39 is 29.2 Å². The summed E-state index contributed by atoms with van der Waals surface area (Å²) < 4.78 is 5.89. The summed E-state index contributed by atoms with van der Waals surface area (Å²) >= 11 is 0. The van der Waals surface area contributed by atoms with Gasteiger partial charge in [-0.1, -0.05) is 13.8 Å². The van der Waals surface area contributed by atoms with Crippen molar-refractivity contribution in [2.45, 2.75) is 64.8 Å². The van der Waals surface area contributed by atoms with E-state index in [4.69, 9.17) is 4.74 Å². The van der Waals surface area contributed by atoms with E-state index in [1.165, 1.54) is 0 Å². The SMILES string of the molecule is CC(C)[C@H](O)[C@]1(C)CC[C@H](C(=O)[O-])C(C)(C)O1. The van der Waals surface area contributed by atoms with Crippen molar-refractivity contribution in [2.24, 2.45) is 11.8 Å². The minimum Gasteiger partial charge on any atom is -0.550 e. The summed E-state index contributed by atoms with van der Waals surface area (Å²) in [6, 6.07) is 0. The second-order valence-corrected chi connectivity index (χ2v) is 6.12. The van der Waals surface area contributed by atoms with Crippen LogP contribution < -0.4 is 5.11 Å². The van der Waals surface area contributed by atoms with Crippen LogP contribution in [0.3, 0.4) is 0 Å². The number of hydrogen-bond acceptors (Lipinski definition) is 4. The van der Waals surface area contributed by atoms with Crippen LogP contribution in [-0.4, -0.2) is 28.4 Å². The molecule has 1 N–H and O–H groups in total. The van der Waals surface area contributed by atoms with Crippen molar-refractivity contribution in [2.75, 3.05) is 0 Å².